The van der Waals surface area contributed by atoms with Gasteiger partial charge in [0.1, 0.15) is 35.0 Å². The maximum atomic E-state index is 14.2. The van der Waals surface area contributed by atoms with Gasteiger partial charge in [-0.05, 0) is 0 Å². The fourth-order valence-electron chi connectivity index (χ4n) is 2.43. The summed E-state index contributed by atoms with van der Waals surface area (Å²) < 4.78 is 81.1. The van der Waals surface area contributed by atoms with Gasteiger partial charge >= 0.3 is 6.18 Å². The van der Waals surface area contributed by atoms with Crippen molar-refractivity contribution in [3.63, 3.8) is 0 Å². The van der Waals surface area contributed by atoms with Gasteiger partial charge in [-0.25, -0.2) is 28.1 Å². The van der Waals surface area contributed by atoms with E-state index in [-0.39, 0.29) is 11.6 Å². The molecule has 0 unspecified atom stereocenters. The van der Waals surface area contributed by atoms with Crippen LogP contribution in [-0.4, -0.2) is 32.2 Å². The Kier molecular flexibility index (Phi) is 5.20. The lowest BCUT2D eigenvalue weighted by molar-refractivity contribution is -0.115. The third-order valence-electron chi connectivity index (χ3n) is 3.60. The number of aromatic nitrogens is 4. The van der Waals surface area contributed by atoms with E-state index in [9.17, 15) is 26.3 Å². The second-order valence-electron chi connectivity index (χ2n) is 5.64. The Morgan fingerprint density at radius 2 is 1.71 bits per heavy atom. The van der Waals surface area contributed by atoms with Crippen molar-refractivity contribution < 1.29 is 26.3 Å². The van der Waals surface area contributed by atoms with Gasteiger partial charge in [0.25, 0.3) is 0 Å². The fourth-order valence-corrected chi connectivity index (χ4v) is 2.69. The summed E-state index contributed by atoms with van der Waals surface area (Å²) in [6.45, 7) is -1.56. The third-order valence-corrected chi connectivity index (χ3v) is 3.87. The van der Waals surface area contributed by atoms with E-state index >= 15 is 0 Å². The number of hydrogen-bond acceptors (Lipinski definition) is 4. The van der Waals surface area contributed by atoms with Crippen LogP contribution in [0.2, 0.25) is 5.15 Å². The highest BCUT2D eigenvalue weighted by Gasteiger charge is 2.30. The molecule has 12 heteroatoms. The van der Waals surface area contributed by atoms with Gasteiger partial charge in [0.05, 0.1) is 11.1 Å². The minimum absolute atomic E-state index is 0.156. The lowest BCUT2D eigenvalue weighted by Crippen LogP contribution is -2.22. The van der Waals surface area contributed by atoms with Crippen molar-refractivity contribution in [3.8, 4) is 22.8 Å². The largest absolute Gasteiger partial charge is 0.405 e. The molecule has 0 bridgehead atoms. The Balaban J connectivity index is 2.23. The first-order valence-corrected chi connectivity index (χ1v) is 7.95. The molecule has 0 aliphatic carbocycles. The summed E-state index contributed by atoms with van der Waals surface area (Å²) in [5.41, 5.74) is -1.43. The van der Waals surface area contributed by atoms with Crippen molar-refractivity contribution in [3.05, 3.63) is 47.1 Å². The molecule has 148 valence electrons. The van der Waals surface area contributed by atoms with Gasteiger partial charge in [-0.15, -0.1) is 0 Å². The lowest BCUT2D eigenvalue weighted by Gasteiger charge is -2.16. The number of nitrogens with zero attached hydrogens (tertiary/aromatic N) is 4. The van der Waals surface area contributed by atoms with Crippen LogP contribution in [0.25, 0.3) is 22.8 Å². The molecule has 0 spiro atoms. The molecule has 1 aromatic carbocycles. The van der Waals surface area contributed by atoms with E-state index in [2.05, 4.69) is 15.0 Å². The molecule has 0 radical (unpaired) electrons. The van der Waals surface area contributed by atoms with E-state index < -0.39 is 52.3 Å². The fraction of sp³-hybridized carbons (Fsp3) is 0.188. The van der Waals surface area contributed by atoms with E-state index in [0.29, 0.717) is 12.1 Å². The van der Waals surface area contributed by atoms with Gasteiger partial charge in [0.2, 0.25) is 0 Å². The second-order valence-corrected chi connectivity index (χ2v) is 5.99. The maximum Gasteiger partial charge on any atom is 0.405 e. The summed E-state index contributed by atoms with van der Waals surface area (Å²) in [7, 11) is 1.58. The average Bonchev–Trinajstić information content (AvgIpc) is 2.99. The molecule has 0 aliphatic rings. The number of imidazole rings is 1. The zero-order valence-corrected chi connectivity index (χ0v) is 14.7. The van der Waals surface area contributed by atoms with Crippen LogP contribution < -0.4 is 5.32 Å². The van der Waals surface area contributed by atoms with Gasteiger partial charge in [-0.1, -0.05) is 11.6 Å². The molecule has 0 fully saturated rings. The highest BCUT2D eigenvalue weighted by molar-refractivity contribution is 6.32. The second kappa shape index (κ2) is 7.30. The molecule has 0 saturated heterocycles. The smallest absolute Gasteiger partial charge is 0.360 e. The molecule has 1 N–H and O–H groups in total. The zero-order valence-electron chi connectivity index (χ0n) is 14.0. The number of halogens is 7. The van der Waals surface area contributed by atoms with Gasteiger partial charge in [-0.2, -0.15) is 13.2 Å². The van der Waals surface area contributed by atoms with Crippen LogP contribution in [0.1, 0.15) is 0 Å². The van der Waals surface area contributed by atoms with E-state index in [1.165, 1.54) is 17.0 Å². The Bertz CT molecular complexity index is 1010. The van der Waals surface area contributed by atoms with E-state index in [1.807, 2.05) is 5.32 Å². The quantitative estimate of drug-likeness (QED) is 0.494. The van der Waals surface area contributed by atoms with Crippen molar-refractivity contribution in [2.45, 2.75) is 6.18 Å². The standard InChI is InChI=1S/C16H10ClF6N5/c1-28-3-2-24-15(28)14-26-12(17)11(13(27-14)25-6-16(21,22)23)10-8(19)4-7(18)5-9(10)20/h2-5H,6H2,1H3,(H,25,26,27). The summed E-state index contributed by atoms with van der Waals surface area (Å²) in [6, 6.07) is 0.740. The SMILES string of the molecule is Cn1ccnc1-c1nc(Cl)c(-c2c(F)cc(F)cc2F)c(NCC(F)(F)F)n1. The molecule has 3 aromatic rings. The highest BCUT2D eigenvalue weighted by Crippen LogP contribution is 2.38. The molecular formula is C16H10ClF6N5. The first kappa shape index (κ1) is 19.9. The number of benzene rings is 1. The summed E-state index contributed by atoms with van der Waals surface area (Å²) in [6.07, 6.45) is -1.73. The van der Waals surface area contributed by atoms with Crippen molar-refractivity contribution in [2.24, 2.45) is 7.05 Å². The minimum Gasteiger partial charge on any atom is -0.360 e. The number of hydrogen-bond donors (Lipinski definition) is 1. The minimum atomic E-state index is -4.65. The van der Waals surface area contributed by atoms with Gasteiger partial charge in [-0.3, -0.25) is 0 Å². The summed E-state index contributed by atoms with van der Waals surface area (Å²) in [5, 5.41) is 1.42. The number of alkyl halides is 3. The van der Waals surface area contributed by atoms with Crippen LogP contribution >= 0.6 is 11.6 Å². The van der Waals surface area contributed by atoms with Crippen LogP contribution in [0.4, 0.5) is 32.2 Å². The number of rotatable bonds is 4. The van der Waals surface area contributed by atoms with Crippen molar-refractivity contribution in [1.82, 2.24) is 19.5 Å². The first-order chi connectivity index (χ1) is 13.1. The normalized spacial score (nSPS) is 11.7. The van der Waals surface area contributed by atoms with Gasteiger partial charge in [0.15, 0.2) is 11.6 Å². The van der Waals surface area contributed by atoms with Crippen LogP contribution in [0.5, 0.6) is 0 Å². The Labute approximate surface area is 159 Å². The van der Waals surface area contributed by atoms with Crippen molar-refractivity contribution >= 4 is 17.4 Å². The summed E-state index contributed by atoms with van der Waals surface area (Å²) >= 11 is 6.04. The average molecular weight is 422 g/mol. The van der Waals surface area contributed by atoms with Gasteiger partial charge in [0, 0.05) is 31.6 Å². The molecule has 3 rings (SSSR count). The van der Waals surface area contributed by atoms with E-state index in [0.717, 1.165) is 0 Å². The Morgan fingerprint density at radius 3 is 2.25 bits per heavy atom. The molecular weight excluding hydrogens is 412 g/mol. The topological polar surface area (TPSA) is 55.6 Å². The molecule has 2 heterocycles. The molecule has 0 saturated carbocycles. The number of nitrogens with one attached hydrogen (secondary N) is 1. The molecule has 0 aliphatic heterocycles. The summed E-state index contributed by atoms with van der Waals surface area (Å²) in [5.74, 6) is -4.55. The van der Waals surface area contributed by atoms with Crippen LogP contribution in [-0.2, 0) is 7.05 Å². The molecule has 0 atom stereocenters. The molecule has 28 heavy (non-hydrogen) atoms. The van der Waals surface area contributed by atoms with Crippen molar-refractivity contribution in [2.75, 3.05) is 11.9 Å². The number of aryl methyl sites for hydroxylation is 1. The van der Waals surface area contributed by atoms with Crippen LogP contribution in [0, 0.1) is 17.5 Å². The predicted molar refractivity (Wildman–Crippen MR) is 89.1 cm³/mol. The predicted octanol–water partition coefficient (Wildman–Crippen LogP) is 4.59. The highest BCUT2D eigenvalue weighted by atomic mass is 35.5. The van der Waals surface area contributed by atoms with Gasteiger partial charge < -0.3 is 9.88 Å². The van der Waals surface area contributed by atoms with E-state index in [1.54, 1.807) is 7.05 Å². The van der Waals surface area contributed by atoms with Crippen molar-refractivity contribution in [1.29, 1.82) is 0 Å². The molecule has 0 amide bonds. The zero-order chi connectivity index (χ0) is 20.6. The first-order valence-electron chi connectivity index (χ1n) is 7.57. The summed E-state index contributed by atoms with van der Waals surface area (Å²) in [4.78, 5) is 11.7. The Hall–Kier alpha value is -2.82. The lowest BCUT2D eigenvalue weighted by atomic mass is 10.1. The van der Waals surface area contributed by atoms with E-state index in [4.69, 9.17) is 11.6 Å². The van der Waals surface area contributed by atoms with Crippen LogP contribution in [0.15, 0.2) is 24.5 Å². The van der Waals surface area contributed by atoms with Crippen LogP contribution in [0.3, 0.4) is 0 Å². The Morgan fingerprint density at radius 1 is 1.07 bits per heavy atom. The maximum absolute atomic E-state index is 14.2. The third kappa shape index (κ3) is 4.03. The molecule has 5 nitrogen and oxygen atoms in total. The number of anilines is 1. The molecule has 2 aromatic heterocycles. The monoisotopic (exact) mass is 421 g/mol.